The number of halogens is 1. The van der Waals surface area contributed by atoms with Crippen molar-refractivity contribution in [3.8, 4) is 11.5 Å². The fraction of sp³-hybridized carbons (Fsp3) is 0.100. The number of hydrogen-bond acceptors (Lipinski definition) is 6. The van der Waals surface area contributed by atoms with Gasteiger partial charge in [0.1, 0.15) is 11.4 Å². The Morgan fingerprint density at radius 2 is 1.83 bits per heavy atom. The highest BCUT2D eigenvalue weighted by atomic mass is 19.1. The van der Waals surface area contributed by atoms with Crippen molar-refractivity contribution in [2.24, 2.45) is 0 Å². The molecule has 1 heterocycles. The van der Waals surface area contributed by atoms with E-state index in [4.69, 9.17) is 9.47 Å². The molecule has 2 aromatic carbocycles. The van der Waals surface area contributed by atoms with Gasteiger partial charge < -0.3 is 9.47 Å². The Hall–Kier alpha value is -4.01. The molecule has 4 amide bonds. The molecule has 1 fully saturated rings. The summed E-state index contributed by atoms with van der Waals surface area (Å²) >= 11 is 0. The molecule has 1 aliphatic rings. The highest BCUT2D eigenvalue weighted by Gasteiger charge is 2.37. The van der Waals surface area contributed by atoms with Crippen LogP contribution in [0.3, 0.4) is 0 Å². The van der Waals surface area contributed by atoms with Crippen LogP contribution < -0.4 is 19.7 Å². The highest BCUT2D eigenvalue weighted by molar-refractivity contribution is 6.39. The average Bonchev–Trinajstić information content (AvgIpc) is 2.67. The number of esters is 1. The second-order valence-electron chi connectivity index (χ2n) is 5.91. The van der Waals surface area contributed by atoms with Crippen LogP contribution in [0, 0.1) is 5.82 Å². The lowest BCUT2D eigenvalue weighted by Crippen LogP contribution is -2.54. The molecule has 9 heteroatoms. The van der Waals surface area contributed by atoms with Gasteiger partial charge in [-0.15, -0.1) is 0 Å². The number of carbonyl (C=O) groups is 4. The lowest BCUT2D eigenvalue weighted by atomic mass is 10.1. The van der Waals surface area contributed by atoms with Crippen LogP contribution in [-0.4, -0.2) is 30.9 Å². The minimum Gasteiger partial charge on any atom is -0.493 e. The van der Waals surface area contributed by atoms with Gasteiger partial charge in [0.2, 0.25) is 0 Å². The van der Waals surface area contributed by atoms with Crippen molar-refractivity contribution in [3.63, 3.8) is 0 Å². The summed E-state index contributed by atoms with van der Waals surface area (Å²) in [5, 5.41) is 2.01. The molecule has 1 aliphatic heterocycles. The fourth-order valence-electron chi connectivity index (χ4n) is 2.69. The molecule has 148 valence electrons. The predicted molar refractivity (Wildman–Crippen MR) is 99.7 cm³/mol. The van der Waals surface area contributed by atoms with Crippen LogP contribution >= 0.6 is 0 Å². The van der Waals surface area contributed by atoms with Crippen LogP contribution in [-0.2, 0) is 14.4 Å². The Morgan fingerprint density at radius 3 is 2.48 bits per heavy atom. The fourth-order valence-corrected chi connectivity index (χ4v) is 2.69. The number of anilines is 1. The lowest BCUT2D eigenvalue weighted by molar-refractivity contribution is -0.132. The van der Waals surface area contributed by atoms with E-state index in [1.165, 1.54) is 56.5 Å². The number of nitrogens with one attached hydrogen (secondary N) is 1. The Morgan fingerprint density at radius 1 is 1.10 bits per heavy atom. The number of nitrogens with zero attached hydrogens (tertiary/aromatic N) is 1. The first-order valence-electron chi connectivity index (χ1n) is 8.34. The van der Waals surface area contributed by atoms with Crippen molar-refractivity contribution in [2.45, 2.75) is 6.92 Å². The third-order valence-corrected chi connectivity index (χ3v) is 3.95. The minimum atomic E-state index is -1.05. The van der Waals surface area contributed by atoms with E-state index in [9.17, 15) is 23.6 Å². The smallest absolute Gasteiger partial charge is 0.336 e. The maximum atomic E-state index is 14.1. The molecule has 0 saturated carbocycles. The minimum absolute atomic E-state index is 0.157. The molecule has 1 N–H and O–H groups in total. The molecule has 0 aliphatic carbocycles. The highest BCUT2D eigenvalue weighted by Crippen LogP contribution is 2.30. The second kappa shape index (κ2) is 7.93. The van der Waals surface area contributed by atoms with Crippen LogP contribution in [0.15, 0.2) is 48.0 Å². The van der Waals surface area contributed by atoms with E-state index in [2.05, 4.69) is 0 Å². The molecular weight excluding hydrogens is 383 g/mol. The molecule has 3 rings (SSSR count). The number of rotatable bonds is 4. The molecule has 0 spiro atoms. The summed E-state index contributed by atoms with van der Waals surface area (Å²) in [6, 6.07) is 8.50. The van der Waals surface area contributed by atoms with Gasteiger partial charge in [0, 0.05) is 6.92 Å². The normalized spacial score (nSPS) is 15.3. The monoisotopic (exact) mass is 398 g/mol. The second-order valence-corrected chi connectivity index (χ2v) is 5.91. The molecular formula is C20H15FN2O6. The molecule has 2 aromatic rings. The Bertz CT molecular complexity index is 1060. The number of benzene rings is 2. The van der Waals surface area contributed by atoms with Crippen LogP contribution in [0.25, 0.3) is 6.08 Å². The zero-order valence-corrected chi connectivity index (χ0v) is 15.4. The van der Waals surface area contributed by atoms with Crippen LogP contribution in [0.1, 0.15) is 12.5 Å². The summed E-state index contributed by atoms with van der Waals surface area (Å²) in [5.41, 5.74) is -0.301. The Balaban J connectivity index is 2.01. The maximum Gasteiger partial charge on any atom is 0.336 e. The van der Waals surface area contributed by atoms with Gasteiger partial charge in [0.15, 0.2) is 11.5 Å². The van der Waals surface area contributed by atoms with E-state index in [0.717, 1.165) is 6.07 Å². The molecule has 0 atom stereocenters. The number of carbonyl (C=O) groups excluding carboxylic acids is 4. The molecule has 0 unspecified atom stereocenters. The van der Waals surface area contributed by atoms with Crippen molar-refractivity contribution >= 4 is 35.6 Å². The van der Waals surface area contributed by atoms with Gasteiger partial charge in [-0.1, -0.05) is 18.2 Å². The molecule has 0 aromatic heterocycles. The zero-order chi connectivity index (χ0) is 21.1. The molecule has 8 nitrogen and oxygen atoms in total. The van der Waals surface area contributed by atoms with Gasteiger partial charge in [-0.2, -0.15) is 0 Å². The number of ether oxygens (including phenoxy) is 2. The summed E-state index contributed by atoms with van der Waals surface area (Å²) in [5.74, 6) is -2.89. The van der Waals surface area contributed by atoms with Crippen molar-refractivity contribution in [1.29, 1.82) is 0 Å². The van der Waals surface area contributed by atoms with E-state index in [1.807, 2.05) is 5.32 Å². The molecule has 29 heavy (non-hydrogen) atoms. The van der Waals surface area contributed by atoms with Crippen molar-refractivity contribution in [3.05, 3.63) is 59.4 Å². The van der Waals surface area contributed by atoms with Crippen molar-refractivity contribution in [1.82, 2.24) is 5.32 Å². The van der Waals surface area contributed by atoms with E-state index in [0.29, 0.717) is 10.5 Å². The molecule has 1 saturated heterocycles. The molecule has 0 radical (unpaired) electrons. The Labute approximate surface area is 164 Å². The van der Waals surface area contributed by atoms with E-state index in [-0.39, 0.29) is 22.8 Å². The number of barbiturate groups is 1. The van der Waals surface area contributed by atoms with Gasteiger partial charge >= 0.3 is 12.0 Å². The van der Waals surface area contributed by atoms with Crippen LogP contribution in [0.5, 0.6) is 11.5 Å². The number of imide groups is 2. The number of urea groups is 1. The van der Waals surface area contributed by atoms with Gasteiger partial charge in [-0.05, 0) is 35.9 Å². The first-order chi connectivity index (χ1) is 13.8. The number of para-hydroxylation sites is 1. The van der Waals surface area contributed by atoms with Gasteiger partial charge in [-0.3, -0.25) is 19.7 Å². The average molecular weight is 398 g/mol. The number of amides is 4. The van der Waals surface area contributed by atoms with E-state index < -0.39 is 29.6 Å². The standard InChI is InChI=1S/C20H15FN2O6/c1-11(24)29-16-8-7-12(10-17(16)28-2)9-13-18(25)22-20(27)23(19(13)26)15-6-4-3-5-14(15)21/h3-10H,1-2H3,(H,22,25,27). The summed E-state index contributed by atoms with van der Waals surface area (Å²) in [7, 11) is 1.36. The zero-order valence-electron chi connectivity index (χ0n) is 15.4. The lowest BCUT2D eigenvalue weighted by Gasteiger charge is -2.26. The van der Waals surface area contributed by atoms with Crippen LogP contribution in [0.4, 0.5) is 14.9 Å². The third-order valence-electron chi connectivity index (χ3n) is 3.95. The largest absolute Gasteiger partial charge is 0.493 e. The SMILES string of the molecule is COc1cc(C=C2C(=O)NC(=O)N(c3ccccc3F)C2=O)ccc1OC(C)=O. The van der Waals surface area contributed by atoms with E-state index in [1.54, 1.807) is 0 Å². The maximum absolute atomic E-state index is 14.1. The first kappa shape index (κ1) is 19.7. The topological polar surface area (TPSA) is 102 Å². The first-order valence-corrected chi connectivity index (χ1v) is 8.34. The summed E-state index contributed by atoms with van der Waals surface area (Å²) in [6.07, 6.45) is 1.22. The summed E-state index contributed by atoms with van der Waals surface area (Å²) < 4.78 is 24.2. The Kier molecular flexibility index (Phi) is 5.40. The number of methoxy groups -OCH3 is 1. The predicted octanol–water partition coefficient (Wildman–Crippen LogP) is 2.43. The van der Waals surface area contributed by atoms with E-state index >= 15 is 0 Å². The number of hydrogen-bond donors (Lipinski definition) is 1. The quantitative estimate of drug-likeness (QED) is 0.367. The van der Waals surface area contributed by atoms with Crippen molar-refractivity contribution < 1.29 is 33.0 Å². The van der Waals surface area contributed by atoms with Gasteiger partial charge in [0.25, 0.3) is 11.8 Å². The summed E-state index contributed by atoms with van der Waals surface area (Å²) in [4.78, 5) is 48.8. The summed E-state index contributed by atoms with van der Waals surface area (Å²) in [6.45, 7) is 1.23. The van der Waals surface area contributed by atoms with Crippen LogP contribution in [0.2, 0.25) is 0 Å². The van der Waals surface area contributed by atoms with Crippen molar-refractivity contribution in [2.75, 3.05) is 12.0 Å². The molecule has 0 bridgehead atoms. The van der Waals surface area contributed by atoms with Gasteiger partial charge in [-0.25, -0.2) is 14.1 Å². The third kappa shape index (κ3) is 3.98. The van der Waals surface area contributed by atoms with Gasteiger partial charge in [0.05, 0.1) is 12.8 Å².